The van der Waals surface area contributed by atoms with E-state index in [0.29, 0.717) is 38.5 Å². The zero-order chi connectivity index (χ0) is 25.5. The van der Waals surface area contributed by atoms with Crippen molar-refractivity contribution in [3.8, 4) is 11.3 Å². The van der Waals surface area contributed by atoms with Crippen molar-refractivity contribution in [1.82, 2.24) is 5.32 Å². The topological polar surface area (TPSA) is 83.4 Å². The van der Waals surface area contributed by atoms with E-state index in [4.69, 9.17) is 39.8 Å². The van der Waals surface area contributed by atoms with Crippen molar-refractivity contribution in [2.24, 2.45) is 0 Å². The number of thiocarbonyl (C=S) groups is 1. The number of hydrogen-bond donors (Lipinski definition) is 3. The molecule has 0 spiro atoms. The molecule has 0 bridgehead atoms. The number of carbonyl (C=O) groups is 2. The number of carbonyl (C=O) groups excluding carboxylic acids is 2. The molecule has 0 fully saturated rings. The van der Waals surface area contributed by atoms with Gasteiger partial charge >= 0.3 is 0 Å². The monoisotopic (exact) mass is 535 g/mol. The number of amides is 2. The van der Waals surface area contributed by atoms with E-state index < -0.39 is 5.91 Å². The zero-order valence-corrected chi connectivity index (χ0v) is 21.0. The molecule has 180 valence electrons. The zero-order valence-electron chi connectivity index (χ0n) is 18.6. The molecule has 4 aromatic rings. The summed E-state index contributed by atoms with van der Waals surface area (Å²) in [7, 11) is 0. The maximum absolute atomic E-state index is 12.5. The molecule has 0 atom stereocenters. The van der Waals surface area contributed by atoms with E-state index in [0.717, 1.165) is 5.56 Å². The molecule has 3 N–H and O–H groups in total. The number of rotatable bonds is 6. The molecule has 36 heavy (non-hydrogen) atoms. The fraction of sp³-hybridized carbons (Fsp3) is 0. The summed E-state index contributed by atoms with van der Waals surface area (Å²) in [5, 5.41) is 9.37. The average Bonchev–Trinajstić information content (AvgIpc) is 3.33. The summed E-state index contributed by atoms with van der Waals surface area (Å²) >= 11 is 17.2. The lowest BCUT2D eigenvalue weighted by atomic mass is 10.2. The predicted octanol–water partition coefficient (Wildman–Crippen LogP) is 7.03. The van der Waals surface area contributed by atoms with Crippen LogP contribution in [0.5, 0.6) is 0 Å². The Morgan fingerprint density at radius 2 is 1.56 bits per heavy atom. The van der Waals surface area contributed by atoms with E-state index >= 15 is 0 Å². The van der Waals surface area contributed by atoms with Gasteiger partial charge in [-0.3, -0.25) is 14.9 Å². The molecule has 0 aliphatic carbocycles. The highest BCUT2D eigenvalue weighted by molar-refractivity contribution is 7.80. The van der Waals surface area contributed by atoms with E-state index in [2.05, 4.69) is 16.0 Å². The first-order valence-electron chi connectivity index (χ1n) is 10.7. The van der Waals surface area contributed by atoms with Gasteiger partial charge in [-0.2, -0.15) is 0 Å². The molecule has 1 aromatic heterocycles. The highest BCUT2D eigenvalue weighted by Gasteiger charge is 2.10. The Kier molecular flexibility index (Phi) is 8.17. The number of halogens is 2. The molecule has 3 aromatic carbocycles. The summed E-state index contributed by atoms with van der Waals surface area (Å²) in [6.07, 6.45) is 2.86. The van der Waals surface area contributed by atoms with E-state index in [-0.39, 0.29) is 11.0 Å². The third kappa shape index (κ3) is 6.82. The van der Waals surface area contributed by atoms with Crippen LogP contribution in [0.1, 0.15) is 16.1 Å². The highest BCUT2D eigenvalue weighted by atomic mass is 35.5. The normalized spacial score (nSPS) is 10.7. The lowest BCUT2D eigenvalue weighted by molar-refractivity contribution is -0.115. The van der Waals surface area contributed by atoms with Gasteiger partial charge in [-0.05, 0) is 85.0 Å². The van der Waals surface area contributed by atoms with E-state index in [9.17, 15) is 9.59 Å². The number of hydrogen-bond acceptors (Lipinski definition) is 4. The molecule has 0 saturated heterocycles. The van der Waals surface area contributed by atoms with Crippen molar-refractivity contribution in [1.29, 1.82) is 0 Å². The lowest BCUT2D eigenvalue weighted by Gasteiger charge is -2.11. The first-order valence-corrected chi connectivity index (χ1v) is 11.9. The Hall–Kier alpha value is -3.91. The smallest absolute Gasteiger partial charge is 0.257 e. The van der Waals surface area contributed by atoms with Crippen molar-refractivity contribution in [2.45, 2.75) is 0 Å². The highest BCUT2D eigenvalue weighted by Crippen LogP contribution is 2.24. The van der Waals surface area contributed by atoms with Crippen LogP contribution in [-0.2, 0) is 4.79 Å². The molecule has 0 radical (unpaired) electrons. The second-order valence-electron chi connectivity index (χ2n) is 7.50. The average molecular weight is 536 g/mol. The minimum atomic E-state index is -0.430. The fourth-order valence-corrected chi connectivity index (χ4v) is 3.77. The predicted molar refractivity (Wildman–Crippen MR) is 148 cm³/mol. The second-order valence-corrected chi connectivity index (χ2v) is 8.75. The van der Waals surface area contributed by atoms with Crippen LogP contribution in [-0.4, -0.2) is 16.9 Å². The molecule has 9 heteroatoms. The van der Waals surface area contributed by atoms with Gasteiger partial charge in [0.1, 0.15) is 11.5 Å². The third-order valence-corrected chi connectivity index (χ3v) is 5.67. The first kappa shape index (κ1) is 25.2. The lowest BCUT2D eigenvalue weighted by Crippen LogP contribution is -2.32. The summed E-state index contributed by atoms with van der Waals surface area (Å²) < 4.78 is 5.74. The Morgan fingerprint density at radius 3 is 2.31 bits per heavy atom. The third-order valence-electron chi connectivity index (χ3n) is 4.89. The minimum Gasteiger partial charge on any atom is -0.457 e. The van der Waals surface area contributed by atoms with Crippen LogP contribution in [0.15, 0.2) is 95.4 Å². The van der Waals surface area contributed by atoms with Gasteiger partial charge in [-0.25, -0.2) is 0 Å². The molecule has 2 amide bonds. The molecule has 4 rings (SSSR count). The Bertz CT molecular complexity index is 1450. The SMILES string of the molecule is O=C(C=Cc1ccc(-c2ccc(Cl)cc2)o1)NC(=S)Nc1cccc(NC(=O)c2ccccc2Cl)c1. The van der Waals surface area contributed by atoms with Crippen LogP contribution in [0.3, 0.4) is 0 Å². The molecule has 0 saturated carbocycles. The van der Waals surface area contributed by atoms with Gasteiger partial charge in [-0.15, -0.1) is 0 Å². The standard InChI is InChI=1S/C27H19Cl2N3O3S/c28-18-10-8-17(9-11-18)24-14-12-21(35-24)13-15-25(33)32-27(36)31-20-5-3-4-19(16-20)30-26(34)22-6-1-2-7-23(22)29/h1-16H,(H,30,34)(H2,31,32,33,36). The van der Waals surface area contributed by atoms with Crippen molar-refractivity contribution in [3.63, 3.8) is 0 Å². The van der Waals surface area contributed by atoms with E-state index in [1.807, 2.05) is 18.2 Å². The number of benzene rings is 3. The summed E-state index contributed by atoms with van der Waals surface area (Å²) in [6, 6.07) is 24.5. The molecule has 0 aliphatic heterocycles. The Balaban J connectivity index is 1.31. The Morgan fingerprint density at radius 1 is 0.833 bits per heavy atom. The van der Waals surface area contributed by atoms with E-state index in [1.54, 1.807) is 72.8 Å². The molecule has 0 unspecified atom stereocenters. The van der Waals surface area contributed by atoms with Gasteiger partial charge in [0.15, 0.2) is 5.11 Å². The van der Waals surface area contributed by atoms with Crippen LogP contribution in [0, 0.1) is 0 Å². The van der Waals surface area contributed by atoms with E-state index in [1.165, 1.54) is 6.08 Å². The Labute approximate surface area is 222 Å². The van der Waals surface area contributed by atoms with Crippen molar-refractivity contribution in [2.75, 3.05) is 10.6 Å². The first-order chi connectivity index (χ1) is 17.4. The summed E-state index contributed by atoms with van der Waals surface area (Å²) in [6.45, 7) is 0. The van der Waals surface area contributed by atoms with Crippen LogP contribution in [0.2, 0.25) is 10.0 Å². The quantitative estimate of drug-likeness (QED) is 0.182. The van der Waals surface area contributed by atoms with Gasteiger partial charge in [0.2, 0.25) is 5.91 Å². The molecular weight excluding hydrogens is 517 g/mol. The molecule has 6 nitrogen and oxygen atoms in total. The summed E-state index contributed by atoms with van der Waals surface area (Å²) in [5.74, 6) is 0.400. The summed E-state index contributed by atoms with van der Waals surface area (Å²) in [4.78, 5) is 24.8. The van der Waals surface area contributed by atoms with Gasteiger partial charge < -0.3 is 15.1 Å². The number of furan rings is 1. The van der Waals surface area contributed by atoms with Crippen LogP contribution < -0.4 is 16.0 Å². The van der Waals surface area contributed by atoms with Gasteiger partial charge in [-0.1, -0.05) is 41.4 Å². The van der Waals surface area contributed by atoms with Crippen molar-refractivity contribution < 1.29 is 14.0 Å². The number of anilines is 2. The molecule has 0 aliphatic rings. The van der Waals surface area contributed by atoms with Gasteiger partial charge in [0, 0.05) is 28.0 Å². The van der Waals surface area contributed by atoms with Gasteiger partial charge in [0.05, 0.1) is 10.6 Å². The van der Waals surface area contributed by atoms with Crippen molar-refractivity contribution in [3.05, 3.63) is 112 Å². The second kappa shape index (κ2) is 11.7. The fourth-order valence-electron chi connectivity index (χ4n) is 3.20. The summed E-state index contributed by atoms with van der Waals surface area (Å²) in [5.41, 5.74) is 2.36. The number of nitrogens with one attached hydrogen (secondary N) is 3. The molecule has 1 heterocycles. The van der Waals surface area contributed by atoms with Gasteiger partial charge in [0.25, 0.3) is 5.91 Å². The van der Waals surface area contributed by atoms with Crippen LogP contribution in [0.25, 0.3) is 17.4 Å². The molecular formula is C27H19Cl2N3O3S. The van der Waals surface area contributed by atoms with Crippen LogP contribution >= 0.6 is 35.4 Å². The maximum atomic E-state index is 12.5. The largest absolute Gasteiger partial charge is 0.457 e. The minimum absolute atomic E-state index is 0.0977. The maximum Gasteiger partial charge on any atom is 0.257 e. The van der Waals surface area contributed by atoms with Crippen molar-refractivity contribution >= 4 is 69.8 Å². The van der Waals surface area contributed by atoms with Crippen LogP contribution in [0.4, 0.5) is 11.4 Å².